The molecule has 0 spiro atoms. The van der Waals surface area contributed by atoms with Gasteiger partial charge < -0.3 is 15.0 Å². The Hall–Kier alpha value is -2.42. The zero-order chi connectivity index (χ0) is 22.5. The number of likely N-dealkylation sites (tertiary alicyclic amines) is 1. The van der Waals surface area contributed by atoms with Gasteiger partial charge >= 0.3 is 0 Å². The second-order valence-electron chi connectivity index (χ2n) is 8.41. The van der Waals surface area contributed by atoms with Crippen LogP contribution < -0.4 is 15.0 Å². The molecule has 2 atom stereocenters. The highest BCUT2D eigenvalue weighted by Gasteiger charge is 2.44. The fourth-order valence-electron chi connectivity index (χ4n) is 4.54. The van der Waals surface area contributed by atoms with Crippen LogP contribution >= 0.6 is 11.3 Å². The van der Waals surface area contributed by atoms with Crippen molar-refractivity contribution in [3.63, 3.8) is 0 Å². The first kappa shape index (κ1) is 22.8. The number of para-hydroxylation sites is 2. The monoisotopic (exact) mass is 456 g/mol. The second kappa shape index (κ2) is 10.5. The van der Waals surface area contributed by atoms with Crippen molar-refractivity contribution >= 4 is 28.8 Å². The molecular weight excluding hydrogens is 424 g/mol. The number of hydrogen-bond acceptors (Lipinski definition) is 7. The number of carbonyl (C=O) groups excluding carboxylic acids is 2. The minimum atomic E-state index is -0.422. The van der Waals surface area contributed by atoms with Crippen LogP contribution in [0, 0.1) is 5.92 Å². The van der Waals surface area contributed by atoms with Gasteiger partial charge in [0.1, 0.15) is 5.75 Å². The number of piperazine rings is 1. The lowest BCUT2D eigenvalue weighted by Gasteiger charge is -2.36. The van der Waals surface area contributed by atoms with E-state index in [1.54, 1.807) is 18.4 Å². The van der Waals surface area contributed by atoms with Crippen molar-refractivity contribution < 1.29 is 14.3 Å². The topological polar surface area (TPSA) is 65.1 Å². The van der Waals surface area contributed by atoms with E-state index in [4.69, 9.17) is 4.74 Å². The summed E-state index contributed by atoms with van der Waals surface area (Å²) in [6.07, 6.45) is 0.802. The average molecular weight is 457 g/mol. The molecule has 1 aromatic heterocycles. The predicted octanol–water partition coefficient (Wildman–Crippen LogP) is 2.43. The molecule has 2 amide bonds. The normalized spacial score (nSPS) is 22.1. The standard InChI is InChI=1S/C24H32N4O3S/c1-18-22(25-17-19-7-5-16-32-19)24(30)28(23(18)29)11-6-10-26-12-14-27(15-13-26)20-8-3-4-9-21(20)31-2/h3-5,7-9,16,18,22,25H,6,10-15,17H2,1-2H3. The number of methoxy groups -OCH3 is 1. The molecule has 3 heterocycles. The molecule has 7 nitrogen and oxygen atoms in total. The van der Waals surface area contributed by atoms with Gasteiger partial charge in [0.2, 0.25) is 11.8 Å². The zero-order valence-corrected chi connectivity index (χ0v) is 19.6. The lowest BCUT2D eigenvalue weighted by molar-refractivity contribution is -0.139. The summed E-state index contributed by atoms with van der Waals surface area (Å²) >= 11 is 1.65. The maximum Gasteiger partial charge on any atom is 0.247 e. The fourth-order valence-corrected chi connectivity index (χ4v) is 5.20. The number of anilines is 1. The first-order chi connectivity index (χ1) is 15.6. The molecule has 8 heteroatoms. The van der Waals surface area contributed by atoms with Crippen molar-refractivity contribution in [1.82, 2.24) is 15.1 Å². The van der Waals surface area contributed by atoms with E-state index in [1.807, 2.05) is 42.6 Å². The highest BCUT2D eigenvalue weighted by Crippen LogP contribution is 2.28. The van der Waals surface area contributed by atoms with E-state index in [-0.39, 0.29) is 17.7 Å². The van der Waals surface area contributed by atoms with Gasteiger partial charge in [-0.2, -0.15) is 0 Å². The summed E-state index contributed by atoms with van der Waals surface area (Å²) in [6, 6.07) is 11.7. The van der Waals surface area contributed by atoms with E-state index >= 15 is 0 Å². The van der Waals surface area contributed by atoms with Crippen LogP contribution in [0.5, 0.6) is 5.75 Å². The summed E-state index contributed by atoms with van der Waals surface area (Å²) < 4.78 is 5.49. The Morgan fingerprint density at radius 2 is 1.81 bits per heavy atom. The number of carbonyl (C=O) groups is 2. The van der Waals surface area contributed by atoms with Crippen molar-refractivity contribution in [3.8, 4) is 5.75 Å². The minimum Gasteiger partial charge on any atom is -0.495 e. The van der Waals surface area contributed by atoms with Gasteiger partial charge in [-0.25, -0.2) is 0 Å². The SMILES string of the molecule is COc1ccccc1N1CCN(CCCN2C(=O)C(C)C(NCc3cccs3)C2=O)CC1. The third-order valence-corrected chi connectivity index (χ3v) is 7.29. The molecule has 2 unspecified atom stereocenters. The van der Waals surface area contributed by atoms with Gasteiger partial charge in [-0.1, -0.05) is 25.1 Å². The summed E-state index contributed by atoms with van der Waals surface area (Å²) in [4.78, 5) is 32.9. The van der Waals surface area contributed by atoms with Gasteiger partial charge in [-0.3, -0.25) is 19.4 Å². The predicted molar refractivity (Wildman–Crippen MR) is 127 cm³/mol. The number of rotatable bonds is 9. The molecule has 0 bridgehead atoms. The van der Waals surface area contributed by atoms with E-state index in [0.717, 1.165) is 50.6 Å². The summed E-state index contributed by atoms with van der Waals surface area (Å²) in [7, 11) is 1.71. The number of thiophene rings is 1. The number of nitrogens with zero attached hydrogens (tertiary/aromatic N) is 3. The molecule has 172 valence electrons. The Kier molecular flexibility index (Phi) is 7.44. The summed E-state index contributed by atoms with van der Waals surface area (Å²) in [5, 5.41) is 5.30. The Bertz CT molecular complexity index is 912. The third kappa shape index (κ3) is 4.98. The van der Waals surface area contributed by atoms with E-state index in [1.165, 1.54) is 9.78 Å². The van der Waals surface area contributed by atoms with Crippen LogP contribution in [-0.4, -0.2) is 74.0 Å². The quantitative estimate of drug-likeness (QED) is 0.585. The number of imide groups is 1. The van der Waals surface area contributed by atoms with Crippen molar-refractivity contribution in [1.29, 1.82) is 0 Å². The first-order valence-electron chi connectivity index (χ1n) is 11.3. The van der Waals surface area contributed by atoms with Crippen LogP contribution in [0.2, 0.25) is 0 Å². The molecular formula is C24H32N4O3S. The third-order valence-electron chi connectivity index (χ3n) is 6.42. The van der Waals surface area contributed by atoms with E-state index < -0.39 is 6.04 Å². The Balaban J connectivity index is 1.22. The van der Waals surface area contributed by atoms with Gasteiger partial charge in [-0.15, -0.1) is 11.3 Å². The highest BCUT2D eigenvalue weighted by atomic mass is 32.1. The largest absolute Gasteiger partial charge is 0.495 e. The summed E-state index contributed by atoms with van der Waals surface area (Å²) in [5.41, 5.74) is 1.14. The smallest absolute Gasteiger partial charge is 0.247 e. The molecule has 2 aliphatic heterocycles. The summed E-state index contributed by atoms with van der Waals surface area (Å²) in [5.74, 6) is 0.454. The number of hydrogen-bond donors (Lipinski definition) is 1. The van der Waals surface area contributed by atoms with E-state index in [0.29, 0.717) is 13.1 Å². The maximum absolute atomic E-state index is 12.8. The lowest BCUT2D eigenvalue weighted by atomic mass is 10.1. The molecule has 2 saturated heterocycles. The number of ether oxygens (including phenoxy) is 1. The van der Waals surface area contributed by atoms with Crippen molar-refractivity contribution in [3.05, 3.63) is 46.7 Å². The van der Waals surface area contributed by atoms with Crippen LogP contribution in [0.15, 0.2) is 41.8 Å². The van der Waals surface area contributed by atoms with Crippen LogP contribution in [0.4, 0.5) is 5.69 Å². The Morgan fingerprint density at radius 1 is 1.03 bits per heavy atom. The van der Waals surface area contributed by atoms with Gasteiger partial charge in [0.25, 0.3) is 0 Å². The molecule has 2 aliphatic rings. The van der Waals surface area contributed by atoms with Crippen LogP contribution in [0.1, 0.15) is 18.2 Å². The van der Waals surface area contributed by atoms with E-state index in [9.17, 15) is 9.59 Å². The number of nitrogens with one attached hydrogen (secondary N) is 1. The van der Waals surface area contributed by atoms with Crippen LogP contribution in [0.3, 0.4) is 0 Å². The van der Waals surface area contributed by atoms with Crippen molar-refractivity contribution in [2.75, 3.05) is 51.3 Å². The van der Waals surface area contributed by atoms with Crippen molar-refractivity contribution in [2.45, 2.75) is 25.9 Å². The van der Waals surface area contributed by atoms with E-state index in [2.05, 4.69) is 21.2 Å². The van der Waals surface area contributed by atoms with Crippen molar-refractivity contribution in [2.24, 2.45) is 5.92 Å². The molecule has 1 N–H and O–H groups in total. The Labute approximate surface area is 193 Å². The summed E-state index contributed by atoms with van der Waals surface area (Å²) in [6.45, 7) is 7.65. The molecule has 2 aromatic rings. The highest BCUT2D eigenvalue weighted by molar-refractivity contribution is 7.09. The Morgan fingerprint density at radius 3 is 2.53 bits per heavy atom. The maximum atomic E-state index is 12.8. The molecule has 2 fully saturated rings. The lowest BCUT2D eigenvalue weighted by Crippen LogP contribution is -2.47. The van der Waals surface area contributed by atoms with Gasteiger partial charge in [-0.05, 0) is 36.5 Å². The molecule has 0 saturated carbocycles. The number of benzene rings is 1. The molecule has 0 aliphatic carbocycles. The molecule has 1 aromatic carbocycles. The van der Waals surface area contributed by atoms with Crippen LogP contribution in [0.25, 0.3) is 0 Å². The second-order valence-corrected chi connectivity index (χ2v) is 9.44. The number of amides is 2. The van der Waals surface area contributed by atoms with Gasteiger partial charge in [0, 0.05) is 44.1 Å². The average Bonchev–Trinajstić information content (AvgIpc) is 3.41. The van der Waals surface area contributed by atoms with Crippen LogP contribution in [-0.2, 0) is 16.1 Å². The molecule has 32 heavy (non-hydrogen) atoms. The molecule has 4 rings (SSSR count). The van der Waals surface area contributed by atoms with Gasteiger partial charge in [0.15, 0.2) is 0 Å². The molecule has 0 radical (unpaired) electrons. The minimum absolute atomic E-state index is 0.0559. The first-order valence-corrected chi connectivity index (χ1v) is 12.2. The zero-order valence-electron chi connectivity index (χ0n) is 18.8. The van der Waals surface area contributed by atoms with Gasteiger partial charge in [0.05, 0.1) is 24.8 Å². The fraction of sp³-hybridized carbons (Fsp3) is 0.500.